The third kappa shape index (κ3) is 2.10. The van der Waals surface area contributed by atoms with Gasteiger partial charge in [-0.05, 0) is 29.9 Å². The van der Waals surface area contributed by atoms with E-state index >= 15 is 0 Å². The maximum atomic E-state index is 5.60. The summed E-state index contributed by atoms with van der Waals surface area (Å²) in [6.07, 6.45) is 5.44. The second kappa shape index (κ2) is 5.04. The molecule has 0 bridgehead atoms. The van der Waals surface area contributed by atoms with Crippen molar-refractivity contribution in [2.75, 3.05) is 27.3 Å². The van der Waals surface area contributed by atoms with E-state index in [0.29, 0.717) is 11.3 Å². The van der Waals surface area contributed by atoms with Crippen molar-refractivity contribution in [1.82, 2.24) is 5.32 Å². The van der Waals surface area contributed by atoms with Gasteiger partial charge in [-0.25, -0.2) is 0 Å². The summed E-state index contributed by atoms with van der Waals surface area (Å²) < 4.78 is 10.9. The first kappa shape index (κ1) is 12.8. The van der Waals surface area contributed by atoms with Crippen LogP contribution in [0.2, 0.25) is 0 Å². The number of methoxy groups -OCH3 is 2. The maximum absolute atomic E-state index is 5.60. The summed E-state index contributed by atoms with van der Waals surface area (Å²) in [4.78, 5) is 0. The maximum Gasteiger partial charge on any atom is 0.126 e. The zero-order valence-electron chi connectivity index (χ0n) is 11.9. The van der Waals surface area contributed by atoms with Gasteiger partial charge in [-0.3, -0.25) is 0 Å². The molecule has 1 heterocycles. The quantitative estimate of drug-likeness (QED) is 0.907. The molecule has 104 valence electrons. The molecule has 1 aliphatic heterocycles. The van der Waals surface area contributed by atoms with Crippen LogP contribution in [0.5, 0.6) is 11.5 Å². The van der Waals surface area contributed by atoms with Gasteiger partial charge in [0.25, 0.3) is 0 Å². The first-order chi connectivity index (χ1) is 9.29. The average molecular weight is 261 g/mol. The van der Waals surface area contributed by atoms with E-state index in [1.165, 1.54) is 31.2 Å². The van der Waals surface area contributed by atoms with Gasteiger partial charge < -0.3 is 14.8 Å². The second-order valence-electron chi connectivity index (χ2n) is 5.86. The molecule has 3 rings (SSSR count). The van der Waals surface area contributed by atoms with E-state index in [1.807, 2.05) is 6.07 Å². The smallest absolute Gasteiger partial charge is 0.126 e. The molecule has 0 aromatic heterocycles. The van der Waals surface area contributed by atoms with Crippen molar-refractivity contribution in [2.45, 2.75) is 31.6 Å². The topological polar surface area (TPSA) is 30.5 Å². The van der Waals surface area contributed by atoms with Crippen molar-refractivity contribution >= 4 is 0 Å². The molecule has 1 aliphatic carbocycles. The SMILES string of the molecule is COc1ccc(C2CNCC23CCCC3)c(OC)c1. The van der Waals surface area contributed by atoms with Crippen LogP contribution in [0.1, 0.15) is 37.2 Å². The monoisotopic (exact) mass is 261 g/mol. The van der Waals surface area contributed by atoms with Gasteiger partial charge >= 0.3 is 0 Å². The predicted octanol–water partition coefficient (Wildman–Crippen LogP) is 2.95. The van der Waals surface area contributed by atoms with Gasteiger partial charge in [-0.15, -0.1) is 0 Å². The molecule has 19 heavy (non-hydrogen) atoms. The zero-order valence-corrected chi connectivity index (χ0v) is 11.9. The largest absolute Gasteiger partial charge is 0.497 e. The fourth-order valence-electron chi connectivity index (χ4n) is 3.96. The average Bonchev–Trinajstić information content (AvgIpc) is 3.09. The number of hydrogen-bond donors (Lipinski definition) is 1. The van der Waals surface area contributed by atoms with Crippen LogP contribution in [0.4, 0.5) is 0 Å². The van der Waals surface area contributed by atoms with Gasteiger partial charge in [0.15, 0.2) is 0 Å². The molecule has 2 fully saturated rings. The van der Waals surface area contributed by atoms with Gasteiger partial charge in [0.2, 0.25) is 0 Å². The first-order valence-corrected chi connectivity index (χ1v) is 7.22. The van der Waals surface area contributed by atoms with Crippen molar-refractivity contribution in [3.05, 3.63) is 23.8 Å². The van der Waals surface area contributed by atoms with E-state index < -0.39 is 0 Å². The van der Waals surface area contributed by atoms with Crippen molar-refractivity contribution < 1.29 is 9.47 Å². The fraction of sp³-hybridized carbons (Fsp3) is 0.625. The Morgan fingerprint density at radius 3 is 2.63 bits per heavy atom. The zero-order chi connectivity index (χ0) is 13.3. The molecule has 0 amide bonds. The van der Waals surface area contributed by atoms with Crippen LogP contribution < -0.4 is 14.8 Å². The molecule has 1 saturated heterocycles. The lowest BCUT2D eigenvalue weighted by Gasteiger charge is -2.31. The minimum absolute atomic E-state index is 0.460. The molecule has 0 radical (unpaired) electrons. The van der Waals surface area contributed by atoms with E-state index in [2.05, 4.69) is 17.4 Å². The Kier molecular flexibility index (Phi) is 3.40. The molecule has 1 spiro atoms. The summed E-state index contributed by atoms with van der Waals surface area (Å²) in [5.41, 5.74) is 1.80. The fourth-order valence-corrected chi connectivity index (χ4v) is 3.96. The Morgan fingerprint density at radius 2 is 1.95 bits per heavy atom. The van der Waals surface area contributed by atoms with Crippen molar-refractivity contribution in [3.8, 4) is 11.5 Å². The van der Waals surface area contributed by atoms with Crippen LogP contribution >= 0.6 is 0 Å². The van der Waals surface area contributed by atoms with Gasteiger partial charge in [-0.2, -0.15) is 0 Å². The third-order valence-electron chi connectivity index (χ3n) is 4.98. The molecule has 1 saturated carbocycles. The highest BCUT2D eigenvalue weighted by Gasteiger charge is 2.46. The summed E-state index contributed by atoms with van der Waals surface area (Å²) in [6, 6.07) is 6.25. The highest BCUT2D eigenvalue weighted by atomic mass is 16.5. The van der Waals surface area contributed by atoms with Crippen LogP contribution in [0, 0.1) is 5.41 Å². The molecular weight excluding hydrogens is 238 g/mol. The van der Waals surface area contributed by atoms with Gasteiger partial charge in [0, 0.05) is 25.1 Å². The summed E-state index contributed by atoms with van der Waals surface area (Å²) in [7, 11) is 3.45. The lowest BCUT2D eigenvalue weighted by atomic mass is 9.73. The van der Waals surface area contributed by atoms with Crippen molar-refractivity contribution in [1.29, 1.82) is 0 Å². The second-order valence-corrected chi connectivity index (χ2v) is 5.86. The Balaban J connectivity index is 1.96. The highest BCUT2D eigenvalue weighted by Crippen LogP contribution is 2.52. The molecule has 2 aliphatic rings. The Labute approximate surface area is 115 Å². The molecule has 1 aromatic carbocycles. The third-order valence-corrected chi connectivity index (χ3v) is 4.98. The number of benzene rings is 1. The van der Waals surface area contributed by atoms with E-state index in [-0.39, 0.29) is 0 Å². The Hall–Kier alpha value is -1.22. The van der Waals surface area contributed by atoms with Gasteiger partial charge in [-0.1, -0.05) is 18.9 Å². The van der Waals surface area contributed by atoms with Gasteiger partial charge in [0.1, 0.15) is 11.5 Å². The van der Waals surface area contributed by atoms with Crippen molar-refractivity contribution in [2.24, 2.45) is 5.41 Å². The van der Waals surface area contributed by atoms with Crippen LogP contribution in [0.3, 0.4) is 0 Å². The van der Waals surface area contributed by atoms with Crippen LogP contribution in [-0.4, -0.2) is 27.3 Å². The van der Waals surface area contributed by atoms with Crippen LogP contribution in [0.25, 0.3) is 0 Å². The number of hydrogen-bond acceptors (Lipinski definition) is 3. The number of nitrogens with one attached hydrogen (secondary N) is 1. The molecule has 1 unspecified atom stereocenters. The van der Waals surface area contributed by atoms with Gasteiger partial charge in [0.05, 0.1) is 14.2 Å². The van der Waals surface area contributed by atoms with Crippen LogP contribution in [-0.2, 0) is 0 Å². The lowest BCUT2D eigenvalue weighted by molar-refractivity contribution is 0.287. The normalized spacial score (nSPS) is 24.8. The summed E-state index contributed by atoms with van der Waals surface area (Å²) >= 11 is 0. The van der Waals surface area contributed by atoms with E-state index in [0.717, 1.165) is 24.6 Å². The minimum Gasteiger partial charge on any atom is -0.497 e. The molecule has 1 aromatic rings. The lowest BCUT2D eigenvalue weighted by Crippen LogP contribution is -2.25. The molecule has 3 nitrogen and oxygen atoms in total. The number of ether oxygens (including phenoxy) is 2. The van der Waals surface area contributed by atoms with E-state index in [4.69, 9.17) is 9.47 Å². The standard InChI is InChI=1S/C16H23NO2/c1-18-12-5-6-13(15(9-12)19-2)14-10-17-11-16(14)7-3-4-8-16/h5-6,9,14,17H,3-4,7-8,10-11H2,1-2H3. The molecule has 1 atom stereocenters. The molecule has 3 heteroatoms. The van der Waals surface area contributed by atoms with E-state index in [1.54, 1.807) is 14.2 Å². The van der Waals surface area contributed by atoms with E-state index in [9.17, 15) is 0 Å². The molecule has 1 N–H and O–H groups in total. The summed E-state index contributed by atoms with van der Waals surface area (Å²) in [5.74, 6) is 2.42. The minimum atomic E-state index is 0.460. The summed E-state index contributed by atoms with van der Waals surface area (Å²) in [6.45, 7) is 2.23. The highest BCUT2D eigenvalue weighted by molar-refractivity contribution is 5.44. The Morgan fingerprint density at radius 1 is 1.16 bits per heavy atom. The predicted molar refractivity (Wildman–Crippen MR) is 76.1 cm³/mol. The first-order valence-electron chi connectivity index (χ1n) is 7.22. The summed E-state index contributed by atoms with van der Waals surface area (Å²) in [5, 5.41) is 3.60. The Bertz CT molecular complexity index is 447. The number of rotatable bonds is 3. The molecular formula is C16H23NO2. The van der Waals surface area contributed by atoms with Crippen molar-refractivity contribution in [3.63, 3.8) is 0 Å². The van der Waals surface area contributed by atoms with Crippen LogP contribution in [0.15, 0.2) is 18.2 Å².